The topological polar surface area (TPSA) is 49.4 Å². The van der Waals surface area contributed by atoms with Gasteiger partial charge in [-0.2, -0.15) is 0 Å². The number of nitrogens with one attached hydrogen (secondary N) is 1. The van der Waals surface area contributed by atoms with E-state index in [0.29, 0.717) is 25.6 Å². The van der Waals surface area contributed by atoms with Crippen molar-refractivity contribution in [3.63, 3.8) is 0 Å². The maximum absolute atomic E-state index is 11.6. The minimum absolute atomic E-state index is 0.103. The van der Waals surface area contributed by atoms with E-state index < -0.39 is 0 Å². The lowest BCUT2D eigenvalue weighted by Gasteiger charge is -2.27. The Balaban J connectivity index is 2.25. The number of nitrogens with zero attached hydrogens (tertiary/aromatic N) is 1. The van der Waals surface area contributed by atoms with E-state index in [1.807, 2.05) is 4.90 Å². The van der Waals surface area contributed by atoms with Gasteiger partial charge in [0, 0.05) is 32.5 Å². The average Bonchev–Trinajstić information content (AvgIpc) is 2.85. The summed E-state index contributed by atoms with van der Waals surface area (Å²) in [4.78, 5) is 25.0. The Morgan fingerprint density at radius 1 is 1.28 bits per heavy atom. The van der Waals surface area contributed by atoms with Crippen LogP contribution in [-0.4, -0.2) is 35.8 Å². The molecule has 18 heavy (non-hydrogen) atoms. The molecule has 4 nitrogen and oxygen atoms in total. The van der Waals surface area contributed by atoms with Crippen LogP contribution in [0.3, 0.4) is 0 Å². The van der Waals surface area contributed by atoms with Crippen molar-refractivity contribution in [1.82, 2.24) is 10.2 Å². The zero-order valence-corrected chi connectivity index (χ0v) is 11.7. The molecule has 1 aliphatic carbocycles. The fourth-order valence-electron chi connectivity index (χ4n) is 2.55. The summed E-state index contributed by atoms with van der Waals surface area (Å²) in [5, 5.41) is 2.89. The minimum Gasteiger partial charge on any atom is -0.354 e. The lowest BCUT2D eigenvalue weighted by atomic mass is 10.2. The molecule has 0 bridgehead atoms. The van der Waals surface area contributed by atoms with Crippen LogP contribution < -0.4 is 5.32 Å². The molecule has 0 heterocycles. The van der Waals surface area contributed by atoms with E-state index in [2.05, 4.69) is 12.2 Å². The molecular weight excluding hydrogens is 228 g/mol. The molecule has 0 atom stereocenters. The van der Waals surface area contributed by atoms with Crippen molar-refractivity contribution < 1.29 is 9.59 Å². The van der Waals surface area contributed by atoms with Crippen LogP contribution in [0.4, 0.5) is 0 Å². The Bertz CT molecular complexity index is 273. The van der Waals surface area contributed by atoms with Gasteiger partial charge < -0.3 is 10.2 Å². The molecule has 0 saturated heterocycles. The number of unbranched alkanes of at least 4 members (excludes halogenated alkanes) is 1. The van der Waals surface area contributed by atoms with E-state index in [9.17, 15) is 9.59 Å². The molecule has 2 amide bonds. The molecule has 0 aromatic rings. The van der Waals surface area contributed by atoms with Crippen molar-refractivity contribution in [2.24, 2.45) is 0 Å². The summed E-state index contributed by atoms with van der Waals surface area (Å²) in [6, 6.07) is 0.398. The van der Waals surface area contributed by atoms with Gasteiger partial charge in [-0.15, -0.1) is 0 Å². The van der Waals surface area contributed by atoms with Crippen LogP contribution in [0.15, 0.2) is 0 Å². The molecule has 1 aliphatic rings. The van der Waals surface area contributed by atoms with Crippen LogP contribution in [0, 0.1) is 0 Å². The molecule has 0 radical (unpaired) electrons. The highest BCUT2D eigenvalue weighted by atomic mass is 16.2. The number of carbonyl (C=O) groups is 2. The van der Waals surface area contributed by atoms with Gasteiger partial charge >= 0.3 is 0 Å². The first-order chi connectivity index (χ1) is 8.65. The van der Waals surface area contributed by atoms with E-state index >= 15 is 0 Å². The molecule has 1 N–H and O–H groups in total. The van der Waals surface area contributed by atoms with Crippen molar-refractivity contribution in [3.8, 4) is 0 Å². The minimum atomic E-state index is 0.103. The Labute approximate surface area is 110 Å². The van der Waals surface area contributed by atoms with Gasteiger partial charge in [0.1, 0.15) is 0 Å². The van der Waals surface area contributed by atoms with E-state index in [-0.39, 0.29) is 11.8 Å². The third-order valence-electron chi connectivity index (χ3n) is 3.60. The number of hydrogen-bond acceptors (Lipinski definition) is 2. The number of carbonyl (C=O) groups excluding carboxylic acids is 2. The Kier molecular flexibility index (Phi) is 6.76. The fourth-order valence-corrected chi connectivity index (χ4v) is 2.55. The summed E-state index contributed by atoms with van der Waals surface area (Å²) in [5.74, 6) is 0.233. The van der Waals surface area contributed by atoms with Gasteiger partial charge in [0.05, 0.1) is 0 Å². The molecule has 0 aromatic carbocycles. The standard InChI is InChI=1S/C14H26N2O2/c1-3-4-9-14(18)15-10-11-16(12(2)17)13-7-5-6-8-13/h13H,3-11H2,1-2H3,(H,15,18). The van der Waals surface area contributed by atoms with Crippen LogP contribution in [0.2, 0.25) is 0 Å². The van der Waals surface area contributed by atoms with E-state index in [1.54, 1.807) is 6.92 Å². The predicted octanol–water partition coefficient (Wildman–Crippen LogP) is 2.08. The smallest absolute Gasteiger partial charge is 0.220 e. The van der Waals surface area contributed by atoms with Crippen LogP contribution in [-0.2, 0) is 9.59 Å². The zero-order valence-electron chi connectivity index (χ0n) is 11.7. The van der Waals surface area contributed by atoms with Crippen molar-refractivity contribution >= 4 is 11.8 Å². The fraction of sp³-hybridized carbons (Fsp3) is 0.857. The molecule has 0 unspecified atom stereocenters. The van der Waals surface area contributed by atoms with Crippen LogP contribution in [0.5, 0.6) is 0 Å². The lowest BCUT2D eigenvalue weighted by molar-refractivity contribution is -0.131. The molecule has 1 rings (SSSR count). The molecule has 104 valence electrons. The molecule has 0 aliphatic heterocycles. The van der Waals surface area contributed by atoms with Gasteiger partial charge in [0.2, 0.25) is 11.8 Å². The number of amides is 2. The van der Waals surface area contributed by atoms with Crippen LogP contribution >= 0.6 is 0 Å². The Morgan fingerprint density at radius 2 is 1.94 bits per heavy atom. The van der Waals surface area contributed by atoms with E-state index in [4.69, 9.17) is 0 Å². The van der Waals surface area contributed by atoms with Crippen LogP contribution in [0.25, 0.3) is 0 Å². The second kappa shape index (κ2) is 8.11. The first-order valence-corrected chi connectivity index (χ1v) is 7.19. The highest BCUT2D eigenvalue weighted by molar-refractivity contribution is 5.76. The number of hydrogen-bond donors (Lipinski definition) is 1. The second-order valence-electron chi connectivity index (χ2n) is 5.10. The molecule has 4 heteroatoms. The van der Waals surface area contributed by atoms with Crippen molar-refractivity contribution in [3.05, 3.63) is 0 Å². The Morgan fingerprint density at radius 3 is 2.50 bits per heavy atom. The zero-order chi connectivity index (χ0) is 13.4. The molecular formula is C14H26N2O2. The summed E-state index contributed by atoms with van der Waals surface area (Å²) in [5.41, 5.74) is 0. The Hall–Kier alpha value is -1.06. The molecule has 0 aromatic heterocycles. The number of rotatable bonds is 7. The largest absolute Gasteiger partial charge is 0.354 e. The predicted molar refractivity (Wildman–Crippen MR) is 72.2 cm³/mol. The third-order valence-corrected chi connectivity index (χ3v) is 3.60. The highest BCUT2D eigenvalue weighted by Gasteiger charge is 2.23. The van der Waals surface area contributed by atoms with Crippen molar-refractivity contribution in [2.75, 3.05) is 13.1 Å². The van der Waals surface area contributed by atoms with Gasteiger partial charge in [0.25, 0.3) is 0 Å². The maximum Gasteiger partial charge on any atom is 0.220 e. The van der Waals surface area contributed by atoms with Gasteiger partial charge in [-0.25, -0.2) is 0 Å². The van der Waals surface area contributed by atoms with Gasteiger partial charge in [-0.3, -0.25) is 9.59 Å². The SMILES string of the molecule is CCCCC(=O)NCCN(C(C)=O)C1CCCC1. The summed E-state index contributed by atoms with van der Waals surface area (Å²) in [6.07, 6.45) is 7.24. The van der Waals surface area contributed by atoms with Crippen molar-refractivity contribution in [1.29, 1.82) is 0 Å². The normalized spacial score (nSPS) is 15.7. The first-order valence-electron chi connectivity index (χ1n) is 7.19. The van der Waals surface area contributed by atoms with Gasteiger partial charge in [-0.05, 0) is 19.3 Å². The van der Waals surface area contributed by atoms with Gasteiger partial charge in [0.15, 0.2) is 0 Å². The molecule has 1 fully saturated rings. The summed E-state index contributed by atoms with van der Waals surface area (Å²) < 4.78 is 0. The second-order valence-corrected chi connectivity index (χ2v) is 5.10. The van der Waals surface area contributed by atoms with E-state index in [1.165, 1.54) is 12.8 Å². The quantitative estimate of drug-likeness (QED) is 0.756. The summed E-state index contributed by atoms with van der Waals surface area (Å²) >= 11 is 0. The molecule has 0 spiro atoms. The summed E-state index contributed by atoms with van der Waals surface area (Å²) in [6.45, 7) is 4.93. The third kappa shape index (κ3) is 5.07. The maximum atomic E-state index is 11.6. The van der Waals surface area contributed by atoms with E-state index in [0.717, 1.165) is 25.7 Å². The lowest BCUT2D eigenvalue weighted by Crippen LogP contribution is -2.42. The van der Waals surface area contributed by atoms with Crippen LogP contribution in [0.1, 0.15) is 58.8 Å². The highest BCUT2D eigenvalue weighted by Crippen LogP contribution is 2.23. The average molecular weight is 254 g/mol. The van der Waals surface area contributed by atoms with Crippen molar-refractivity contribution in [2.45, 2.75) is 64.8 Å². The monoisotopic (exact) mass is 254 g/mol. The van der Waals surface area contributed by atoms with Gasteiger partial charge in [-0.1, -0.05) is 26.2 Å². The first kappa shape index (κ1) is 15.0. The molecule has 1 saturated carbocycles. The summed E-state index contributed by atoms with van der Waals surface area (Å²) in [7, 11) is 0.